The Morgan fingerprint density at radius 2 is 2.00 bits per heavy atom. The zero-order chi connectivity index (χ0) is 16.4. The first kappa shape index (κ1) is 15.6. The molecule has 5 heteroatoms. The first-order valence-electron chi connectivity index (χ1n) is 7.24. The van der Waals surface area contributed by atoms with Crippen molar-refractivity contribution >= 4 is 32.7 Å². The lowest BCUT2D eigenvalue weighted by molar-refractivity contribution is 0.0779. The Balaban J connectivity index is 1.84. The summed E-state index contributed by atoms with van der Waals surface area (Å²) in [6.07, 6.45) is 0. The molecule has 1 amide bonds. The number of halogens is 1. The summed E-state index contributed by atoms with van der Waals surface area (Å²) in [5.41, 5.74) is 2.50. The third-order valence-corrected chi connectivity index (χ3v) is 4.25. The van der Waals surface area contributed by atoms with Gasteiger partial charge in [-0.2, -0.15) is 0 Å². The lowest BCUT2D eigenvalue weighted by Crippen LogP contribution is -2.26. The van der Waals surface area contributed by atoms with Crippen LogP contribution in [0.5, 0.6) is 5.75 Å². The molecule has 1 N–H and O–H groups in total. The Morgan fingerprint density at radius 3 is 2.74 bits per heavy atom. The lowest BCUT2D eigenvalue weighted by atomic mass is 10.2. The van der Waals surface area contributed by atoms with Crippen molar-refractivity contribution < 1.29 is 9.53 Å². The molecule has 0 fully saturated rings. The number of nitrogens with one attached hydrogen (secondary N) is 1. The van der Waals surface area contributed by atoms with Gasteiger partial charge in [-0.05, 0) is 30.3 Å². The number of H-pyrrole nitrogens is 1. The van der Waals surface area contributed by atoms with E-state index in [4.69, 9.17) is 4.74 Å². The smallest absolute Gasteiger partial charge is 0.270 e. The van der Waals surface area contributed by atoms with Crippen LogP contribution in [0.1, 0.15) is 16.1 Å². The molecule has 3 aromatic rings. The molecule has 0 unspecified atom stereocenters. The van der Waals surface area contributed by atoms with Crippen molar-refractivity contribution in [3.05, 3.63) is 64.3 Å². The SMILES string of the molecule is COc1ccc(Br)cc1CN(C)C(=O)c1cc2ccccc2[nH]1. The van der Waals surface area contributed by atoms with Gasteiger partial charge in [0.05, 0.1) is 7.11 Å². The molecule has 23 heavy (non-hydrogen) atoms. The van der Waals surface area contributed by atoms with Gasteiger partial charge in [0, 0.05) is 34.5 Å². The summed E-state index contributed by atoms with van der Waals surface area (Å²) in [4.78, 5) is 17.5. The molecule has 1 aromatic heterocycles. The van der Waals surface area contributed by atoms with Gasteiger partial charge in [-0.1, -0.05) is 34.1 Å². The Kier molecular flexibility index (Phi) is 4.39. The monoisotopic (exact) mass is 372 g/mol. The Hall–Kier alpha value is -2.27. The Labute approximate surface area is 143 Å². The van der Waals surface area contributed by atoms with Crippen LogP contribution in [-0.4, -0.2) is 29.9 Å². The van der Waals surface area contributed by atoms with Crippen LogP contribution in [0.3, 0.4) is 0 Å². The summed E-state index contributed by atoms with van der Waals surface area (Å²) in [7, 11) is 3.42. The largest absolute Gasteiger partial charge is 0.496 e. The van der Waals surface area contributed by atoms with Crippen molar-refractivity contribution in [1.29, 1.82) is 0 Å². The average Bonchev–Trinajstić information content (AvgIpc) is 2.98. The first-order valence-corrected chi connectivity index (χ1v) is 8.03. The topological polar surface area (TPSA) is 45.3 Å². The van der Waals surface area contributed by atoms with Gasteiger partial charge in [-0.3, -0.25) is 4.79 Å². The fourth-order valence-electron chi connectivity index (χ4n) is 2.59. The highest BCUT2D eigenvalue weighted by molar-refractivity contribution is 9.10. The highest BCUT2D eigenvalue weighted by Crippen LogP contribution is 2.25. The van der Waals surface area contributed by atoms with Gasteiger partial charge in [0.2, 0.25) is 0 Å². The van der Waals surface area contributed by atoms with Gasteiger partial charge in [-0.25, -0.2) is 0 Å². The molecule has 0 spiro atoms. The minimum Gasteiger partial charge on any atom is -0.496 e. The van der Waals surface area contributed by atoms with Crippen LogP contribution in [0.2, 0.25) is 0 Å². The van der Waals surface area contributed by atoms with Crippen LogP contribution in [0.4, 0.5) is 0 Å². The number of rotatable bonds is 4. The van der Waals surface area contributed by atoms with Crippen molar-refractivity contribution in [2.45, 2.75) is 6.54 Å². The predicted molar refractivity (Wildman–Crippen MR) is 94.8 cm³/mol. The molecule has 3 rings (SSSR count). The van der Waals surface area contributed by atoms with E-state index >= 15 is 0 Å². The minimum absolute atomic E-state index is 0.0526. The maximum Gasteiger partial charge on any atom is 0.270 e. The number of carbonyl (C=O) groups excluding carboxylic acids is 1. The molecule has 0 aliphatic heterocycles. The van der Waals surface area contributed by atoms with Crippen LogP contribution in [0.15, 0.2) is 53.0 Å². The number of benzene rings is 2. The van der Waals surface area contributed by atoms with E-state index in [-0.39, 0.29) is 5.91 Å². The van der Waals surface area contributed by atoms with Crippen LogP contribution in [-0.2, 0) is 6.54 Å². The third-order valence-electron chi connectivity index (χ3n) is 3.76. The quantitative estimate of drug-likeness (QED) is 0.745. The molecular weight excluding hydrogens is 356 g/mol. The van der Waals surface area contributed by atoms with E-state index in [0.717, 1.165) is 26.7 Å². The molecule has 118 valence electrons. The number of nitrogens with zero attached hydrogens (tertiary/aromatic N) is 1. The molecule has 0 saturated carbocycles. The number of hydrogen-bond acceptors (Lipinski definition) is 2. The zero-order valence-electron chi connectivity index (χ0n) is 13.0. The standard InChI is InChI=1S/C18H17BrN2O2/c1-21(11-13-9-14(19)7-8-17(13)23-2)18(22)16-10-12-5-3-4-6-15(12)20-16/h3-10,20H,11H2,1-2H3. The van der Waals surface area contributed by atoms with E-state index < -0.39 is 0 Å². The summed E-state index contributed by atoms with van der Waals surface area (Å²) < 4.78 is 6.33. The van der Waals surface area contributed by atoms with Crippen molar-refractivity contribution in [2.24, 2.45) is 0 Å². The molecule has 0 atom stereocenters. The average molecular weight is 373 g/mol. The fraction of sp³-hybridized carbons (Fsp3) is 0.167. The molecule has 1 heterocycles. The summed E-state index contributed by atoms with van der Waals surface area (Å²) in [5.74, 6) is 0.715. The number of amides is 1. The number of fused-ring (bicyclic) bond motifs is 1. The van der Waals surface area contributed by atoms with E-state index in [9.17, 15) is 4.79 Å². The van der Waals surface area contributed by atoms with E-state index in [0.29, 0.717) is 12.2 Å². The number of aromatic amines is 1. The number of carbonyl (C=O) groups is 1. The maximum atomic E-state index is 12.6. The van der Waals surface area contributed by atoms with Gasteiger partial charge in [0.25, 0.3) is 5.91 Å². The van der Waals surface area contributed by atoms with E-state index in [1.165, 1.54) is 0 Å². The maximum absolute atomic E-state index is 12.6. The van der Waals surface area contributed by atoms with Gasteiger partial charge in [0.1, 0.15) is 11.4 Å². The van der Waals surface area contributed by atoms with Crippen molar-refractivity contribution in [3.8, 4) is 5.75 Å². The van der Waals surface area contributed by atoms with E-state index in [1.54, 1.807) is 19.1 Å². The summed E-state index contributed by atoms with van der Waals surface area (Å²) in [6, 6.07) is 15.5. The second-order valence-electron chi connectivity index (χ2n) is 5.39. The second-order valence-corrected chi connectivity index (χ2v) is 6.30. The van der Waals surface area contributed by atoms with Crippen LogP contribution in [0.25, 0.3) is 10.9 Å². The summed E-state index contributed by atoms with van der Waals surface area (Å²) >= 11 is 3.46. The molecule has 0 aliphatic rings. The van der Waals surface area contributed by atoms with Gasteiger partial charge < -0.3 is 14.6 Å². The molecule has 0 saturated heterocycles. The summed E-state index contributed by atoms with van der Waals surface area (Å²) in [5, 5.41) is 1.03. The molecule has 0 radical (unpaired) electrons. The molecule has 0 bridgehead atoms. The van der Waals surface area contributed by atoms with Crippen LogP contribution in [0, 0.1) is 0 Å². The fourth-order valence-corrected chi connectivity index (χ4v) is 3.00. The number of ether oxygens (including phenoxy) is 1. The normalized spacial score (nSPS) is 10.7. The highest BCUT2D eigenvalue weighted by atomic mass is 79.9. The minimum atomic E-state index is -0.0526. The molecule has 0 aliphatic carbocycles. The van der Waals surface area contributed by atoms with Crippen LogP contribution >= 0.6 is 15.9 Å². The molecule has 2 aromatic carbocycles. The Bertz CT molecular complexity index is 824. The molecular formula is C18H17BrN2O2. The van der Waals surface area contributed by atoms with Gasteiger partial charge in [-0.15, -0.1) is 0 Å². The van der Waals surface area contributed by atoms with E-state index in [1.807, 2.05) is 48.5 Å². The Morgan fingerprint density at radius 1 is 1.22 bits per heavy atom. The van der Waals surface area contributed by atoms with Crippen LogP contribution < -0.4 is 4.74 Å². The van der Waals surface area contributed by atoms with Gasteiger partial charge >= 0.3 is 0 Å². The molecule has 4 nitrogen and oxygen atoms in total. The number of aromatic nitrogens is 1. The first-order chi connectivity index (χ1) is 11.1. The predicted octanol–water partition coefficient (Wildman–Crippen LogP) is 4.21. The number of para-hydroxylation sites is 1. The number of hydrogen-bond donors (Lipinski definition) is 1. The second kappa shape index (κ2) is 6.46. The summed E-state index contributed by atoms with van der Waals surface area (Å²) in [6.45, 7) is 0.469. The highest BCUT2D eigenvalue weighted by Gasteiger charge is 2.16. The van der Waals surface area contributed by atoms with Crippen molar-refractivity contribution in [1.82, 2.24) is 9.88 Å². The third kappa shape index (κ3) is 3.24. The lowest BCUT2D eigenvalue weighted by Gasteiger charge is -2.18. The van der Waals surface area contributed by atoms with Gasteiger partial charge in [0.15, 0.2) is 0 Å². The number of methoxy groups -OCH3 is 1. The van der Waals surface area contributed by atoms with E-state index in [2.05, 4.69) is 20.9 Å². The van der Waals surface area contributed by atoms with Crippen molar-refractivity contribution in [2.75, 3.05) is 14.2 Å². The van der Waals surface area contributed by atoms with Crippen molar-refractivity contribution in [3.63, 3.8) is 0 Å². The zero-order valence-corrected chi connectivity index (χ0v) is 14.6.